The summed E-state index contributed by atoms with van der Waals surface area (Å²) in [7, 11) is 3.15. The van der Waals surface area contributed by atoms with Crippen LogP contribution >= 0.6 is 0 Å². The summed E-state index contributed by atoms with van der Waals surface area (Å²) in [6, 6.07) is 10.4. The van der Waals surface area contributed by atoms with Gasteiger partial charge < -0.3 is 14.6 Å². The first kappa shape index (κ1) is 14.3. The van der Waals surface area contributed by atoms with Crippen LogP contribution in [0.1, 0.15) is 5.56 Å². The molecule has 0 heterocycles. The number of aliphatic hydroxyl groups is 1. The second-order valence-electron chi connectivity index (χ2n) is 4.35. The molecular formula is C16H17FO3. The fourth-order valence-electron chi connectivity index (χ4n) is 2.08. The minimum Gasteiger partial charge on any atom is -0.493 e. The van der Waals surface area contributed by atoms with Crippen LogP contribution in [0, 0.1) is 5.82 Å². The Morgan fingerprint density at radius 2 is 1.60 bits per heavy atom. The van der Waals surface area contributed by atoms with Gasteiger partial charge in [-0.3, -0.25) is 0 Å². The van der Waals surface area contributed by atoms with Crippen molar-refractivity contribution in [2.24, 2.45) is 0 Å². The lowest BCUT2D eigenvalue weighted by molar-refractivity contribution is 0.297. The predicted octanol–water partition coefficient (Wildman–Crippen LogP) is 3.04. The van der Waals surface area contributed by atoms with Gasteiger partial charge in [0.1, 0.15) is 5.82 Å². The number of aliphatic hydroxyl groups excluding tert-OH is 1. The topological polar surface area (TPSA) is 38.7 Å². The van der Waals surface area contributed by atoms with Crippen molar-refractivity contribution in [3.05, 3.63) is 47.8 Å². The molecule has 0 aliphatic rings. The standard InChI is InChI=1S/C16H17FO3/c1-19-15-6-4-12(10-16(15)20-2)11-3-5-14(17)13(9-11)7-8-18/h3-6,9-10,18H,7-8H2,1-2H3. The van der Waals surface area contributed by atoms with Gasteiger partial charge in [-0.2, -0.15) is 0 Å². The largest absolute Gasteiger partial charge is 0.493 e. The zero-order valence-electron chi connectivity index (χ0n) is 11.5. The summed E-state index contributed by atoms with van der Waals surface area (Å²) in [6.45, 7) is -0.0771. The summed E-state index contributed by atoms with van der Waals surface area (Å²) < 4.78 is 24.0. The molecule has 20 heavy (non-hydrogen) atoms. The normalized spacial score (nSPS) is 10.4. The van der Waals surface area contributed by atoms with Crippen molar-refractivity contribution in [2.75, 3.05) is 20.8 Å². The highest BCUT2D eigenvalue weighted by Gasteiger charge is 2.08. The van der Waals surface area contributed by atoms with Crippen LogP contribution in [0.4, 0.5) is 4.39 Å². The van der Waals surface area contributed by atoms with Gasteiger partial charge in [0.15, 0.2) is 11.5 Å². The Morgan fingerprint density at radius 3 is 2.25 bits per heavy atom. The summed E-state index contributed by atoms with van der Waals surface area (Å²) in [5.41, 5.74) is 2.28. The molecule has 0 atom stereocenters. The van der Waals surface area contributed by atoms with Gasteiger partial charge in [-0.15, -0.1) is 0 Å². The molecule has 0 saturated heterocycles. The monoisotopic (exact) mass is 276 g/mol. The molecule has 2 aromatic rings. The molecule has 0 fully saturated rings. The lowest BCUT2D eigenvalue weighted by Crippen LogP contribution is -1.96. The van der Waals surface area contributed by atoms with Crippen LogP contribution in [0.2, 0.25) is 0 Å². The third kappa shape index (κ3) is 2.91. The zero-order chi connectivity index (χ0) is 14.5. The Bertz CT molecular complexity index is 596. The van der Waals surface area contributed by atoms with Crippen molar-refractivity contribution in [1.29, 1.82) is 0 Å². The van der Waals surface area contributed by atoms with E-state index in [0.29, 0.717) is 23.5 Å². The lowest BCUT2D eigenvalue weighted by atomic mass is 10.0. The Hall–Kier alpha value is -2.07. The number of halogens is 1. The van der Waals surface area contributed by atoms with Gasteiger partial charge in [0.2, 0.25) is 0 Å². The number of hydrogen-bond donors (Lipinski definition) is 1. The number of rotatable bonds is 5. The van der Waals surface area contributed by atoms with Gasteiger partial charge in [-0.1, -0.05) is 12.1 Å². The highest BCUT2D eigenvalue weighted by atomic mass is 19.1. The average molecular weight is 276 g/mol. The average Bonchev–Trinajstić information content (AvgIpc) is 2.49. The van der Waals surface area contributed by atoms with E-state index in [1.54, 1.807) is 26.4 Å². The smallest absolute Gasteiger partial charge is 0.161 e. The van der Waals surface area contributed by atoms with Crippen molar-refractivity contribution in [1.82, 2.24) is 0 Å². The molecule has 0 unspecified atom stereocenters. The van der Waals surface area contributed by atoms with Crippen LogP contribution < -0.4 is 9.47 Å². The molecule has 0 spiro atoms. The van der Waals surface area contributed by atoms with Crippen LogP contribution in [0.5, 0.6) is 11.5 Å². The third-order valence-electron chi connectivity index (χ3n) is 3.14. The highest BCUT2D eigenvalue weighted by Crippen LogP contribution is 2.32. The van der Waals surface area contributed by atoms with E-state index in [9.17, 15) is 4.39 Å². The molecule has 3 nitrogen and oxygen atoms in total. The Balaban J connectivity index is 2.43. The van der Waals surface area contributed by atoms with Crippen molar-refractivity contribution in [3.63, 3.8) is 0 Å². The van der Waals surface area contributed by atoms with E-state index in [1.807, 2.05) is 18.2 Å². The van der Waals surface area contributed by atoms with Gasteiger partial charge in [0.25, 0.3) is 0 Å². The van der Waals surface area contributed by atoms with E-state index in [0.717, 1.165) is 11.1 Å². The SMILES string of the molecule is COc1ccc(-c2ccc(F)c(CCO)c2)cc1OC. The predicted molar refractivity (Wildman–Crippen MR) is 75.7 cm³/mol. The van der Waals surface area contributed by atoms with Gasteiger partial charge in [-0.05, 0) is 47.4 Å². The number of benzene rings is 2. The van der Waals surface area contributed by atoms with E-state index in [4.69, 9.17) is 14.6 Å². The van der Waals surface area contributed by atoms with E-state index >= 15 is 0 Å². The first-order chi connectivity index (χ1) is 9.69. The number of ether oxygens (including phenoxy) is 2. The maximum Gasteiger partial charge on any atom is 0.161 e. The van der Waals surface area contributed by atoms with E-state index in [1.165, 1.54) is 6.07 Å². The maximum atomic E-state index is 13.6. The lowest BCUT2D eigenvalue weighted by Gasteiger charge is -2.11. The van der Waals surface area contributed by atoms with Gasteiger partial charge in [-0.25, -0.2) is 4.39 Å². The minimum atomic E-state index is -0.303. The van der Waals surface area contributed by atoms with Gasteiger partial charge in [0, 0.05) is 6.61 Å². The molecule has 0 radical (unpaired) electrons. The summed E-state index contributed by atoms with van der Waals surface area (Å²) in [4.78, 5) is 0. The second kappa shape index (κ2) is 6.39. The molecule has 2 rings (SSSR count). The maximum absolute atomic E-state index is 13.6. The molecule has 0 aromatic heterocycles. The molecule has 106 valence electrons. The van der Waals surface area contributed by atoms with Crippen molar-refractivity contribution in [2.45, 2.75) is 6.42 Å². The Morgan fingerprint density at radius 1 is 0.950 bits per heavy atom. The van der Waals surface area contributed by atoms with Crippen molar-refractivity contribution < 1.29 is 19.0 Å². The van der Waals surface area contributed by atoms with Crippen LogP contribution in [-0.4, -0.2) is 25.9 Å². The molecule has 0 saturated carbocycles. The van der Waals surface area contributed by atoms with E-state index in [2.05, 4.69) is 0 Å². The van der Waals surface area contributed by atoms with Gasteiger partial charge >= 0.3 is 0 Å². The molecule has 0 bridgehead atoms. The molecule has 2 aromatic carbocycles. The first-order valence-electron chi connectivity index (χ1n) is 6.31. The number of hydrogen-bond acceptors (Lipinski definition) is 3. The van der Waals surface area contributed by atoms with Crippen LogP contribution in [0.25, 0.3) is 11.1 Å². The third-order valence-corrected chi connectivity index (χ3v) is 3.14. The molecular weight excluding hydrogens is 259 g/mol. The van der Waals surface area contributed by atoms with Gasteiger partial charge in [0.05, 0.1) is 14.2 Å². The Labute approximate surface area is 117 Å². The molecule has 1 N–H and O–H groups in total. The Kier molecular flexibility index (Phi) is 4.58. The number of methoxy groups -OCH3 is 2. The molecule has 0 aliphatic heterocycles. The molecule has 0 aliphatic carbocycles. The van der Waals surface area contributed by atoms with Crippen LogP contribution in [0.3, 0.4) is 0 Å². The fraction of sp³-hybridized carbons (Fsp3) is 0.250. The molecule has 4 heteroatoms. The van der Waals surface area contributed by atoms with Crippen molar-refractivity contribution >= 4 is 0 Å². The first-order valence-corrected chi connectivity index (χ1v) is 6.31. The highest BCUT2D eigenvalue weighted by molar-refractivity contribution is 5.68. The minimum absolute atomic E-state index is 0.0771. The summed E-state index contributed by atoms with van der Waals surface area (Å²) >= 11 is 0. The second-order valence-corrected chi connectivity index (χ2v) is 4.35. The van der Waals surface area contributed by atoms with E-state index < -0.39 is 0 Å². The summed E-state index contributed by atoms with van der Waals surface area (Å²) in [5.74, 6) is 0.968. The summed E-state index contributed by atoms with van der Waals surface area (Å²) in [5, 5.41) is 8.95. The fourth-order valence-corrected chi connectivity index (χ4v) is 2.08. The van der Waals surface area contributed by atoms with Crippen LogP contribution in [-0.2, 0) is 6.42 Å². The van der Waals surface area contributed by atoms with E-state index in [-0.39, 0.29) is 12.4 Å². The quantitative estimate of drug-likeness (QED) is 0.912. The van der Waals surface area contributed by atoms with Crippen molar-refractivity contribution in [3.8, 4) is 22.6 Å². The molecule has 0 amide bonds. The van der Waals surface area contributed by atoms with Crippen LogP contribution in [0.15, 0.2) is 36.4 Å². The summed E-state index contributed by atoms with van der Waals surface area (Å²) in [6.07, 6.45) is 0.299. The zero-order valence-corrected chi connectivity index (χ0v) is 11.5.